The van der Waals surface area contributed by atoms with Gasteiger partial charge in [0.1, 0.15) is 0 Å². The number of hydrogen-bond donors (Lipinski definition) is 2. The highest BCUT2D eigenvalue weighted by Crippen LogP contribution is 2.43. The van der Waals surface area contributed by atoms with Crippen molar-refractivity contribution in [2.45, 2.75) is 37.5 Å². The predicted octanol–water partition coefficient (Wildman–Crippen LogP) is 1.75. The molecule has 3 heteroatoms. The second kappa shape index (κ2) is 3.39. The topological polar surface area (TPSA) is 40.7 Å². The Labute approximate surface area is 84.3 Å². The minimum absolute atomic E-state index is 0.755. The first-order chi connectivity index (χ1) is 6.95. The predicted molar refractivity (Wildman–Crippen MR) is 55.4 cm³/mol. The smallest absolute Gasteiger partial charge is 0.0525 e. The van der Waals surface area contributed by atoms with Crippen LogP contribution in [0.3, 0.4) is 0 Å². The summed E-state index contributed by atoms with van der Waals surface area (Å²) in [5.74, 6) is 1.56. The zero-order chi connectivity index (χ0) is 9.38. The maximum Gasteiger partial charge on any atom is 0.0525 e. The highest BCUT2D eigenvalue weighted by Gasteiger charge is 2.30. The largest absolute Gasteiger partial charge is 0.317 e. The van der Waals surface area contributed by atoms with Crippen LogP contribution < -0.4 is 5.32 Å². The number of rotatable bonds is 2. The zero-order valence-corrected chi connectivity index (χ0v) is 8.42. The average molecular weight is 191 g/mol. The minimum Gasteiger partial charge on any atom is -0.317 e. The van der Waals surface area contributed by atoms with E-state index in [2.05, 4.69) is 21.7 Å². The molecule has 0 atom stereocenters. The Bertz CT molecular complexity index is 308. The fourth-order valence-corrected chi connectivity index (χ4v) is 2.46. The second-order valence-corrected chi connectivity index (χ2v) is 4.54. The van der Waals surface area contributed by atoms with Crippen molar-refractivity contribution in [3.05, 3.63) is 17.5 Å². The molecular weight excluding hydrogens is 174 g/mol. The van der Waals surface area contributed by atoms with Crippen LogP contribution in [0, 0.1) is 0 Å². The molecule has 0 amide bonds. The molecule has 0 spiro atoms. The number of H-pyrrole nitrogens is 1. The first-order valence-corrected chi connectivity index (χ1v) is 5.69. The van der Waals surface area contributed by atoms with Crippen LogP contribution in [0.15, 0.2) is 6.20 Å². The quantitative estimate of drug-likeness (QED) is 0.747. The van der Waals surface area contributed by atoms with Crippen LogP contribution in [0.1, 0.15) is 48.8 Å². The fraction of sp³-hybridized carbons (Fsp3) is 0.727. The Kier molecular flexibility index (Phi) is 2.05. The van der Waals surface area contributed by atoms with Gasteiger partial charge in [-0.3, -0.25) is 5.10 Å². The summed E-state index contributed by atoms with van der Waals surface area (Å²) < 4.78 is 0. The average Bonchev–Trinajstić information content (AvgIpc) is 2.98. The first-order valence-electron chi connectivity index (χ1n) is 5.69. The summed E-state index contributed by atoms with van der Waals surface area (Å²) in [7, 11) is 0. The van der Waals surface area contributed by atoms with Crippen LogP contribution in [0.5, 0.6) is 0 Å². The van der Waals surface area contributed by atoms with E-state index < -0.39 is 0 Å². The maximum absolute atomic E-state index is 4.21. The lowest BCUT2D eigenvalue weighted by atomic mass is 9.89. The third-order valence-corrected chi connectivity index (χ3v) is 3.46. The SMILES string of the molecule is c1n[nH]c(C2CC2)c1C1CCNCC1. The van der Waals surface area contributed by atoms with E-state index in [0.29, 0.717) is 0 Å². The van der Waals surface area contributed by atoms with E-state index in [9.17, 15) is 0 Å². The van der Waals surface area contributed by atoms with Crippen molar-refractivity contribution in [2.24, 2.45) is 0 Å². The van der Waals surface area contributed by atoms with Gasteiger partial charge < -0.3 is 5.32 Å². The molecule has 1 aromatic heterocycles. The Morgan fingerprint density at radius 1 is 1.07 bits per heavy atom. The molecule has 3 nitrogen and oxygen atoms in total. The van der Waals surface area contributed by atoms with Gasteiger partial charge in [0.2, 0.25) is 0 Å². The molecule has 0 aromatic carbocycles. The second-order valence-electron chi connectivity index (χ2n) is 4.54. The molecule has 76 valence electrons. The Balaban J connectivity index is 1.82. The lowest BCUT2D eigenvalue weighted by molar-refractivity contribution is 0.458. The molecule has 1 saturated heterocycles. The standard InChI is InChI=1S/C11H17N3/c1-2-9(1)11-10(7-13-14-11)8-3-5-12-6-4-8/h7-9,12H,1-6H2,(H,13,14). The Morgan fingerprint density at radius 3 is 2.57 bits per heavy atom. The summed E-state index contributed by atoms with van der Waals surface area (Å²) in [6, 6.07) is 0. The van der Waals surface area contributed by atoms with Gasteiger partial charge in [0.15, 0.2) is 0 Å². The molecule has 1 aliphatic heterocycles. The zero-order valence-electron chi connectivity index (χ0n) is 8.42. The van der Waals surface area contributed by atoms with Gasteiger partial charge in [-0.15, -0.1) is 0 Å². The summed E-state index contributed by atoms with van der Waals surface area (Å²) in [4.78, 5) is 0. The fourth-order valence-electron chi connectivity index (χ4n) is 2.46. The summed E-state index contributed by atoms with van der Waals surface area (Å²) >= 11 is 0. The van der Waals surface area contributed by atoms with E-state index in [1.807, 2.05) is 0 Å². The molecule has 2 aliphatic rings. The molecule has 0 unspecified atom stereocenters. The van der Waals surface area contributed by atoms with Crippen LogP contribution in [-0.2, 0) is 0 Å². The van der Waals surface area contributed by atoms with E-state index in [0.717, 1.165) is 11.8 Å². The van der Waals surface area contributed by atoms with Crippen molar-refractivity contribution in [2.75, 3.05) is 13.1 Å². The van der Waals surface area contributed by atoms with Crippen LogP contribution in [0.25, 0.3) is 0 Å². The summed E-state index contributed by atoms with van der Waals surface area (Å²) in [5.41, 5.74) is 2.95. The molecule has 3 rings (SSSR count). The molecule has 1 aliphatic carbocycles. The van der Waals surface area contributed by atoms with E-state index in [-0.39, 0.29) is 0 Å². The molecule has 2 heterocycles. The lowest BCUT2D eigenvalue weighted by Gasteiger charge is -2.22. The normalized spacial score (nSPS) is 24.0. The van der Waals surface area contributed by atoms with Crippen molar-refractivity contribution in [1.82, 2.24) is 15.5 Å². The van der Waals surface area contributed by atoms with Gasteiger partial charge in [-0.05, 0) is 50.3 Å². The molecular formula is C11H17N3. The third-order valence-electron chi connectivity index (χ3n) is 3.46. The van der Waals surface area contributed by atoms with Gasteiger partial charge in [0, 0.05) is 11.6 Å². The third kappa shape index (κ3) is 1.46. The number of nitrogens with zero attached hydrogens (tertiary/aromatic N) is 1. The molecule has 14 heavy (non-hydrogen) atoms. The summed E-state index contributed by atoms with van der Waals surface area (Å²) in [5, 5.41) is 10.8. The van der Waals surface area contributed by atoms with E-state index in [1.54, 1.807) is 0 Å². The Hall–Kier alpha value is -0.830. The van der Waals surface area contributed by atoms with Gasteiger partial charge in [0.25, 0.3) is 0 Å². The number of aromatic amines is 1. The van der Waals surface area contributed by atoms with Crippen molar-refractivity contribution >= 4 is 0 Å². The summed E-state index contributed by atoms with van der Waals surface area (Å²) in [6.07, 6.45) is 7.34. The highest BCUT2D eigenvalue weighted by atomic mass is 15.1. The van der Waals surface area contributed by atoms with Crippen LogP contribution in [0.4, 0.5) is 0 Å². The molecule has 0 radical (unpaired) electrons. The molecule has 2 N–H and O–H groups in total. The van der Waals surface area contributed by atoms with E-state index in [1.165, 1.54) is 50.0 Å². The van der Waals surface area contributed by atoms with Gasteiger partial charge >= 0.3 is 0 Å². The molecule has 1 aromatic rings. The molecule has 2 fully saturated rings. The van der Waals surface area contributed by atoms with Crippen molar-refractivity contribution in [3.8, 4) is 0 Å². The van der Waals surface area contributed by atoms with Crippen molar-refractivity contribution < 1.29 is 0 Å². The number of nitrogens with one attached hydrogen (secondary N) is 2. The first kappa shape index (κ1) is 8.48. The molecule has 1 saturated carbocycles. The minimum atomic E-state index is 0.755. The lowest BCUT2D eigenvalue weighted by Crippen LogP contribution is -2.26. The highest BCUT2D eigenvalue weighted by molar-refractivity contribution is 5.28. The van der Waals surface area contributed by atoms with Crippen LogP contribution in [0.2, 0.25) is 0 Å². The Morgan fingerprint density at radius 2 is 1.86 bits per heavy atom. The van der Waals surface area contributed by atoms with E-state index in [4.69, 9.17) is 0 Å². The van der Waals surface area contributed by atoms with Crippen LogP contribution in [-0.4, -0.2) is 23.3 Å². The van der Waals surface area contributed by atoms with Crippen LogP contribution >= 0.6 is 0 Å². The summed E-state index contributed by atoms with van der Waals surface area (Å²) in [6.45, 7) is 2.33. The number of aromatic nitrogens is 2. The van der Waals surface area contributed by atoms with E-state index >= 15 is 0 Å². The van der Waals surface area contributed by atoms with Gasteiger partial charge in [-0.1, -0.05) is 0 Å². The van der Waals surface area contributed by atoms with Gasteiger partial charge in [-0.25, -0.2) is 0 Å². The van der Waals surface area contributed by atoms with Gasteiger partial charge in [0.05, 0.1) is 6.20 Å². The monoisotopic (exact) mass is 191 g/mol. The number of piperidine rings is 1. The van der Waals surface area contributed by atoms with Crippen molar-refractivity contribution in [3.63, 3.8) is 0 Å². The van der Waals surface area contributed by atoms with Crippen molar-refractivity contribution in [1.29, 1.82) is 0 Å². The van der Waals surface area contributed by atoms with Gasteiger partial charge in [-0.2, -0.15) is 5.10 Å². The maximum atomic E-state index is 4.21. The molecule has 0 bridgehead atoms. The number of hydrogen-bond acceptors (Lipinski definition) is 2.